The van der Waals surface area contributed by atoms with Crippen molar-refractivity contribution in [1.29, 1.82) is 0 Å². The Hall–Kier alpha value is -3.04. The molecule has 2 fully saturated rings. The number of amides is 2. The molecule has 35 heavy (non-hydrogen) atoms. The van der Waals surface area contributed by atoms with Gasteiger partial charge in [-0.1, -0.05) is 30.5 Å². The minimum atomic E-state index is -3.26. The Balaban J connectivity index is 1.25. The van der Waals surface area contributed by atoms with Crippen molar-refractivity contribution in [2.75, 3.05) is 16.6 Å². The van der Waals surface area contributed by atoms with Crippen molar-refractivity contribution in [2.24, 2.45) is 0 Å². The third-order valence-electron chi connectivity index (χ3n) is 6.81. The van der Waals surface area contributed by atoms with Gasteiger partial charge in [0, 0.05) is 46.9 Å². The van der Waals surface area contributed by atoms with Gasteiger partial charge in [-0.15, -0.1) is 0 Å². The Bertz CT molecular complexity index is 1370. The van der Waals surface area contributed by atoms with Crippen LogP contribution in [0.15, 0.2) is 48.7 Å². The molecule has 5 rings (SSSR count). The van der Waals surface area contributed by atoms with Crippen molar-refractivity contribution in [3.05, 3.63) is 64.8 Å². The van der Waals surface area contributed by atoms with E-state index in [9.17, 15) is 18.0 Å². The number of carbonyl (C=O) groups excluding carboxylic acids is 2. The largest absolute Gasteiger partial charge is 0.360 e. The molecule has 1 saturated carbocycles. The van der Waals surface area contributed by atoms with Crippen molar-refractivity contribution in [1.82, 2.24) is 15.6 Å². The quantitative estimate of drug-likeness (QED) is 0.480. The van der Waals surface area contributed by atoms with E-state index in [-0.39, 0.29) is 29.7 Å². The van der Waals surface area contributed by atoms with Crippen molar-refractivity contribution in [3.8, 4) is 0 Å². The number of aromatic nitrogens is 1. The molecule has 184 valence electrons. The van der Waals surface area contributed by atoms with Gasteiger partial charge in [0.05, 0.1) is 16.5 Å². The van der Waals surface area contributed by atoms with Crippen LogP contribution in [0.1, 0.15) is 52.8 Å². The van der Waals surface area contributed by atoms with E-state index < -0.39 is 10.0 Å². The van der Waals surface area contributed by atoms with Gasteiger partial charge in [0.1, 0.15) is 0 Å². The molecular weight excluding hydrogens is 488 g/mol. The second-order valence-corrected chi connectivity index (χ2v) is 11.5. The van der Waals surface area contributed by atoms with E-state index in [1.165, 1.54) is 4.31 Å². The highest BCUT2D eigenvalue weighted by Crippen LogP contribution is 2.26. The van der Waals surface area contributed by atoms with Gasteiger partial charge in [-0.2, -0.15) is 0 Å². The summed E-state index contributed by atoms with van der Waals surface area (Å²) in [6, 6.07) is 11.6. The summed E-state index contributed by atoms with van der Waals surface area (Å²) in [5.41, 5.74) is 2.35. The van der Waals surface area contributed by atoms with Crippen LogP contribution in [0.25, 0.3) is 10.9 Å². The smallest absolute Gasteiger partial charge is 0.251 e. The van der Waals surface area contributed by atoms with Gasteiger partial charge < -0.3 is 15.6 Å². The van der Waals surface area contributed by atoms with Crippen LogP contribution in [0.3, 0.4) is 0 Å². The van der Waals surface area contributed by atoms with Crippen LogP contribution in [0, 0.1) is 0 Å². The van der Waals surface area contributed by atoms with Gasteiger partial charge in [0.25, 0.3) is 11.8 Å². The lowest BCUT2D eigenvalue weighted by molar-refractivity contribution is 0.0863. The number of nitrogens with one attached hydrogen (secondary N) is 3. The number of aromatic amines is 1. The molecule has 8 nitrogen and oxygen atoms in total. The second-order valence-electron chi connectivity index (χ2n) is 9.13. The number of benzene rings is 2. The highest BCUT2D eigenvalue weighted by molar-refractivity contribution is 7.93. The van der Waals surface area contributed by atoms with Crippen LogP contribution < -0.4 is 14.9 Å². The first kappa shape index (κ1) is 23.7. The summed E-state index contributed by atoms with van der Waals surface area (Å²) in [7, 11) is -3.26. The first-order valence-corrected chi connectivity index (χ1v) is 13.8. The number of sulfonamides is 1. The van der Waals surface area contributed by atoms with E-state index in [2.05, 4.69) is 15.6 Å². The average Bonchev–Trinajstić information content (AvgIpc) is 3.41. The zero-order valence-corrected chi connectivity index (χ0v) is 20.7. The second kappa shape index (κ2) is 9.54. The first-order valence-electron chi connectivity index (χ1n) is 11.8. The van der Waals surface area contributed by atoms with Crippen molar-refractivity contribution >= 4 is 50.0 Å². The van der Waals surface area contributed by atoms with E-state index in [1.807, 2.05) is 6.07 Å². The summed E-state index contributed by atoms with van der Waals surface area (Å²) in [6.45, 7) is 0.459. The van der Waals surface area contributed by atoms with E-state index >= 15 is 0 Å². The fraction of sp³-hybridized carbons (Fsp3) is 0.360. The molecule has 1 aliphatic carbocycles. The number of nitrogens with zero attached hydrogens (tertiary/aromatic N) is 1. The fourth-order valence-corrected chi connectivity index (χ4v) is 6.70. The molecule has 3 aromatic rings. The molecule has 1 saturated heterocycles. The van der Waals surface area contributed by atoms with Crippen molar-refractivity contribution in [3.63, 3.8) is 0 Å². The summed E-state index contributed by atoms with van der Waals surface area (Å²) >= 11 is 6.13. The summed E-state index contributed by atoms with van der Waals surface area (Å²) in [4.78, 5) is 29.0. The zero-order valence-electron chi connectivity index (χ0n) is 19.1. The molecule has 2 heterocycles. The number of fused-ring (bicyclic) bond motifs is 1. The molecular formula is C25H27ClN4O4S. The van der Waals surface area contributed by atoms with Gasteiger partial charge >= 0.3 is 0 Å². The van der Waals surface area contributed by atoms with Crippen molar-refractivity contribution < 1.29 is 18.0 Å². The lowest BCUT2D eigenvalue weighted by Crippen LogP contribution is -2.53. The minimum Gasteiger partial charge on any atom is -0.360 e. The fourth-order valence-electron chi connectivity index (χ4n) is 4.92. The van der Waals surface area contributed by atoms with Gasteiger partial charge in [-0.25, -0.2) is 8.42 Å². The molecule has 2 aliphatic rings. The summed E-state index contributed by atoms with van der Waals surface area (Å²) in [6.07, 6.45) is 5.78. The van der Waals surface area contributed by atoms with Crippen LogP contribution in [0.5, 0.6) is 0 Å². The molecule has 3 N–H and O–H groups in total. The van der Waals surface area contributed by atoms with E-state index in [4.69, 9.17) is 11.6 Å². The topological polar surface area (TPSA) is 111 Å². The molecule has 0 bridgehead atoms. The maximum atomic E-state index is 13.0. The van der Waals surface area contributed by atoms with Crippen LogP contribution in [-0.4, -0.2) is 49.6 Å². The molecule has 1 aliphatic heterocycles. The standard InChI is InChI=1S/C25H27ClN4O4S/c26-20-15-27-23-14-17(8-11-19(20)23)25(32)29-22-5-2-1-4-21(22)28-24(31)16-6-9-18(10-7-16)30-12-3-13-35(30,33)34/h6-11,14-15,21-22,27H,1-5,12-13H2,(H,28,31)(H,29,32)/t21?,22-/m1/s1. The maximum Gasteiger partial charge on any atom is 0.251 e. The summed E-state index contributed by atoms with van der Waals surface area (Å²) in [5.74, 6) is -0.286. The number of halogens is 1. The number of hydrogen-bond donors (Lipinski definition) is 3. The number of hydrogen-bond acceptors (Lipinski definition) is 4. The highest BCUT2D eigenvalue weighted by atomic mass is 35.5. The predicted octanol–water partition coefficient (Wildman–Crippen LogP) is 3.83. The zero-order chi connectivity index (χ0) is 24.6. The lowest BCUT2D eigenvalue weighted by Gasteiger charge is -2.33. The number of carbonyl (C=O) groups is 2. The van der Waals surface area contributed by atoms with Gasteiger partial charge in [-0.05, 0) is 55.7 Å². The van der Waals surface area contributed by atoms with Gasteiger partial charge in [-0.3, -0.25) is 13.9 Å². The number of H-pyrrole nitrogens is 1. The molecule has 2 amide bonds. The Morgan fingerprint density at radius 2 is 1.54 bits per heavy atom. The monoisotopic (exact) mass is 514 g/mol. The van der Waals surface area contributed by atoms with Crippen LogP contribution in [-0.2, 0) is 10.0 Å². The van der Waals surface area contributed by atoms with E-state index in [0.29, 0.717) is 34.8 Å². The third-order valence-corrected chi connectivity index (χ3v) is 8.99. The normalized spacial score (nSPS) is 21.7. The maximum absolute atomic E-state index is 13.0. The van der Waals surface area contributed by atoms with Crippen molar-refractivity contribution in [2.45, 2.75) is 44.2 Å². The predicted molar refractivity (Wildman–Crippen MR) is 136 cm³/mol. The molecule has 1 aromatic heterocycles. The summed E-state index contributed by atoms with van der Waals surface area (Å²) in [5, 5.41) is 7.64. The molecule has 0 radical (unpaired) electrons. The molecule has 0 spiro atoms. The Labute approximate surface area is 209 Å². The van der Waals surface area contributed by atoms with Crippen LogP contribution in [0.2, 0.25) is 5.02 Å². The van der Waals surface area contributed by atoms with Gasteiger partial charge in [0.15, 0.2) is 0 Å². The molecule has 1 unspecified atom stereocenters. The Morgan fingerprint density at radius 1 is 0.914 bits per heavy atom. The summed E-state index contributed by atoms with van der Waals surface area (Å²) < 4.78 is 25.7. The Kier molecular flexibility index (Phi) is 6.46. The number of anilines is 1. The molecule has 10 heteroatoms. The van der Waals surface area contributed by atoms with Gasteiger partial charge in [0.2, 0.25) is 10.0 Å². The lowest BCUT2D eigenvalue weighted by atomic mass is 9.89. The molecule has 2 atom stereocenters. The number of rotatable bonds is 5. The highest BCUT2D eigenvalue weighted by Gasteiger charge is 2.30. The van der Waals surface area contributed by atoms with E-state index in [0.717, 1.165) is 36.6 Å². The first-order chi connectivity index (χ1) is 16.8. The average molecular weight is 515 g/mol. The van der Waals surface area contributed by atoms with Crippen LogP contribution >= 0.6 is 11.6 Å². The third kappa shape index (κ3) is 4.88. The van der Waals surface area contributed by atoms with Crippen LogP contribution in [0.4, 0.5) is 5.69 Å². The Morgan fingerprint density at radius 3 is 2.17 bits per heavy atom. The molecule has 2 aromatic carbocycles. The minimum absolute atomic E-state index is 0.149. The SMILES string of the molecule is O=C(NC1CCCC[C@H]1NC(=O)c1ccc2c(Cl)c[nH]c2c1)c1ccc(N2CCCS2(=O)=O)cc1. The van der Waals surface area contributed by atoms with E-state index in [1.54, 1.807) is 42.6 Å².